The fourth-order valence-electron chi connectivity index (χ4n) is 4.93. The minimum atomic E-state index is 0.751. The molecule has 2 aliphatic carbocycles. The Bertz CT molecular complexity index is 291. The molecule has 0 heterocycles. The lowest BCUT2D eigenvalue weighted by molar-refractivity contribution is 0.103. The Hall–Kier alpha value is -0.0800. The minimum absolute atomic E-state index is 0.751. The third-order valence-corrected chi connectivity index (χ3v) is 6.21. The number of hydrogen-bond acceptors (Lipinski definition) is 2. The Labute approximate surface area is 133 Å². The van der Waals surface area contributed by atoms with Crippen molar-refractivity contribution in [3.05, 3.63) is 0 Å². The van der Waals surface area contributed by atoms with Crippen molar-refractivity contribution in [1.82, 2.24) is 10.2 Å². The molecular formula is C19H38N2. The molecule has 0 aromatic rings. The van der Waals surface area contributed by atoms with Crippen LogP contribution in [0, 0.1) is 17.8 Å². The molecule has 0 aromatic carbocycles. The van der Waals surface area contributed by atoms with Crippen molar-refractivity contribution in [3.8, 4) is 0 Å². The summed E-state index contributed by atoms with van der Waals surface area (Å²) in [6, 6.07) is 1.60. The fourth-order valence-corrected chi connectivity index (χ4v) is 4.93. The van der Waals surface area contributed by atoms with Crippen LogP contribution in [0.4, 0.5) is 0 Å². The average molecular weight is 295 g/mol. The van der Waals surface area contributed by atoms with E-state index in [1.807, 2.05) is 0 Å². The summed E-state index contributed by atoms with van der Waals surface area (Å²) in [7, 11) is 4.55. The Kier molecular flexibility index (Phi) is 7.01. The quantitative estimate of drug-likeness (QED) is 0.785. The fraction of sp³-hybridized carbons (Fsp3) is 1.00. The average Bonchev–Trinajstić information content (AvgIpc) is 2.48. The monoisotopic (exact) mass is 294 g/mol. The standard InChI is InChI=1S/C19H38N2/c1-5-7-16-10-11-19(20-3)17(13-16)14-21(4)18-9-6-8-15(2)12-18/h15-20H,5-14H2,1-4H3. The number of nitrogens with one attached hydrogen (secondary N) is 1. The summed E-state index contributed by atoms with van der Waals surface area (Å²) in [6.07, 6.45) is 12.8. The smallest absolute Gasteiger partial charge is 0.0105 e. The molecule has 2 rings (SSSR count). The molecule has 2 fully saturated rings. The van der Waals surface area contributed by atoms with Gasteiger partial charge in [-0.25, -0.2) is 0 Å². The van der Waals surface area contributed by atoms with Crippen LogP contribution in [0.25, 0.3) is 0 Å². The van der Waals surface area contributed by atoms with E-state index in [4.69, 9.17) is 0 Å². The normalized spacial score (nSPS) is 37.9. The zero-order valence-electron chi connectivity index (χ0n) is 14.9. The van der Waals surface area contributed by atoms with Crippen molar-refractivity contribution in [2.24, 2.45) is 17.8 Å². The van der Waals surface area contributed by atoms with Gasteiger partial charge in [0.15, 0.2) is 0 Å². The highest BCUT2D eigenvalue weighted by Crippen LogP contribution is 2.34. The predicted octanol–water partition coefficient (Wildman–Crippen LogP) is 4.30. The van der Waals surface area contributed by atoms with Gasteiger partial charge >= 0.3 is 0 Å². The van der Waals surface area contributed by atoms with Gasteiger partial charge in [-0.15, -0.1) is 0 Å². The molecule has 0 aliphatic heterocycles. The number of nitrogens with zero attached hydrogens (tertiary/aromatic N) is 1. The molecule has 0 spiro atoms. The Balaban J connectivity index is 1.87. The van der Waals surface area contributed by atoms with E-state index in [1.165, 1.54) is 64.3 Å². The summed E-state index contributed by atoms with van der Waals surface area (Å²) >= 11 is 0. The van der Waals surface area contributed by atoms with Crippen LogP contribution in [0.3, 0.4) is 0 Å². The van der Waals surface area contributed by atoms with Crippen LogP contribution in [0.15, 0.2) is 0 Å². The van der Waals surface area contributed by atoms with Crippen LogP contribution >= 0.6 is 0 Å². The van der Waals surface area contributed by atoms with Gasteiger partial charge in [0, 0.05) is 18.6 Å². The molecule has 0 amide bonds. The number of hydrogen-bond donors (Lipinski definition) is 1. The van der Waals surface area contributed by atoms with Crippen molar-refractivity contribution >= 4 is 0 Å². The van der Waals surface area contributed by atoms with E-state index in [0.717, 1.165) is 29.8 Å². The van der Waals surface area contributed by atoms with E-state index in [-0.39, 0.29) is 0 Å². The first-order chi connectivity index (χ1) is 10.1. The third kappa shape index (κ3) is 4.96. The molecule has 0 radical (unpaired) electrons. The number of rotatable bonds is 6. The van der Waals surface area contributed by atoms with Gasteiger partial charge in [-0.05, 0) is 64.0 Å². The van der Waals surface area contributed by atoms with Crippen LogP contribution in [0.1, 0.15) is 71.6 Å². The first kappa shape index (κ1) is 17.3. The van der Waals surface area contributed by atoms with Crippen molar-refractivity contribution in [2.75, 3.05) is 20.6 Å². The highest BCUT2D eigenvalue weighted by Gasteiger charge is 2.32. The van der Waals surface area contributed by atoms with Gasteiger partial charge in [0.05, 0.1) is 0 Å². The third-order valence-electron chi connectivity index (χ3n) is 6.21. The van der Waals surface area contributed by atoms with Crippen molar-refractivity contribution in [3.63, 3.8) is 0 Å². The lowest BCUT2D eigenvalue weighted by atomic mass is 9.75. The molecule has 0 saturated heterocycles. The maximum Gasteiger partial charge on any atom is 0.0105 e. The van der Waals surface area contributed by atoms with E-state index in [9.17, 15) is 0 Å². The van der Waals surface area contributed by atoms with E-state index in [2.05, 4.69) is 38.2 Å². The molecule has 2 nitrogen and oxygen atoms in total. The molecule has 5 unspecified atom stereocenters. The molecule has 5 atom stereocenters. The summed E-state index contributed by atoms with van der Waals surface area (Å²) in [5, 5.41) is 3.61. The van der Waals surface area contributed by atoms with Crippen LogP contribution in [-0.2, 0) is 0 Å². The molecule has 1 N–H and O–H groups in total. The predicted molar refractivity (Wildman–Crippen MR) is 92.6 cm³/mol. The second-order valence-electron chi connectivity index (χ2n) is 7.99. The van der Waals surface area contributed by atoms with Crippen molar-refractivity contribution in [1.29, 1.82) is 0 Å². The van der Waals surface area contributed by atoms with Gasteiger partial charge in [-0.3, -0.25) is 0 Å². The lowest BCUT2D eigenvalue weighted by Gasteiger charge is -2.41. The van der Waals surface area contributed by atoms with Crippen molar-refractivity contribution < 1.29 is 0 Å². The van der Waals surface area contributed by atoms with E-state index in [0.29, 0.717) is 0 Å². The molecule has 2 saturated carbocycles. The zero-order valence-corrected chi connectivity index (χ0v) is 14.9. The van der Waals surface area contributed by atoms with Gasteiger partial charge in [0.2, 0.25) is 0 Å². The first-order valence-corrected chi connectivity index (χ1v) is 9.51. The maximum atomic E-state index is 3.61. The van der Waals surface area contributed by atoms with Gasteiger partial charge in [-0.1, -0.05) is 39.5 Å². The highest BCUT2D eigenvalue weighted by molar-refractivity contribution is 4.87. The summed E-state index contributed by atoms with van der Waals surface area (Å²) in [4.78, 5) is 2.71. The Morgan fingerprint density at radius 3 is 2.57 bits per heavy atom. The van der Waals surface area contributed by atoms with Gasteiger partial charge in [0.1, 0.15) is 0 Å². The Morgan fingerprint density at radius 2 is 1.90 bits per heavy atom. The zero-order chi connectivity index (χ0) is 15.2. The summed E-state index contributed by atoms with van der Waals surface area (Å²) in [5.74, 6) is 2.79. The minimum Gasteiger partial charge on any atom is -0.317 e. The summed E-state index contributed by atoms with van der Waals surface area (Å²) in [5.41, 5.74) is 0. The van der Waals surface area contributed by atoms with Gasteiger partial charge in [-0.2, -0.15) is 0 Å². The van der Waals surface area contributed by atoms with E-state index in [1.54, 1.807) is 0 Å². The van der Waals surface area contributed by atoms with Crippen LogP contribution in [0.2, 0.25) is 0 Å². The van der Waals surface area contributed by atoms with Gasteiger partial charge < -0.3 is 10.2 Å². The molecule has 0 aromatic heterocycles. The van der Waals surface area contributed by atoms with Crippen LogP contribution in [0.5, 0.6) is 0 Å². The highest BCUT2D eigenvalue weighted by atomic mass is 15.1. The molecular weight excluding hydrogens is 256 g/mol. The lowest BCUT2D eigenvalue weighted by Crippen LogP contribution is -2.46. The van der Waals surface area contributed by atoms with E-state index >= 15 is 0 Å². The van der Waals surface area contributed by atoms with E-state index < -0.39 is 0 Å². The first-order valence-electron chi connectivity index (χ1n) is 9.51. The molecule has 124 valence electrons. The molecule has 2 aliphatic rings. The summed E-state index contributed by atoms with van der Waals surface area (Å²) < 4.78 is 0. The molecule has 2 heteroatoms. The topological polar surface area (TPSA) is 15.3 Å². The molecule has 0 bridgehead atoms. The largest absolute Gasteiger partial charge is 0.317 e. The summed E-state index contributed by atoms with van der Waals surface area (Å²) in [6.45, 7) is 6.09. The second kappa shape index (κ2) is 8.53. The Morgan fingerprint density at radius 1 is 1.10 bits per heavy atom. The molecule has 21 heavy (non-hydrogen) atoms. The SMILES string of the molecule is CCCC1CCC(NC)C(CN(C)C2CCCC(C)C2)C1. The van der Waals surface area contributed by atoms with Crippen LogP contribution < -0.4 is 5.32 Å². The van der Waals surface area contributed by atoms with Crippen molar-refractivity contribution in [2.45, 2.75) is 83.7 Å². The second-order valence-corrected chi connectivity index (χ2v) is 7.99. The van der Waals surface area contributed by atoms with Crippen LogP contribution in [-0.4, -0.2) is 37.6 Å². The van der Waals surface area contributed by atoms with Gasteiger partial charge in [0.25, 0.3) is 0 Å². The maximum absolute atomic E-state index is 3.61.